The van der Waals surface area contributed by atoms with Crippen molar-refractivity contribution in [3.8, 4) is 0 Å². The lowest BCUT2D eigenvalue weighted by atomic mass is 10.2. The Morgan fingerprint density at radius 2 is 0.955 bits per heavy atom. The lowest BCUT2D eigenvalue weighted by Crippen LogP contribution is -2.09. The number of ether oxygens (including phenoxy) is 2. The van der Waals surface area contributed by atoms with E-state index >= 15 is 0 Å². The van der Waals surface area contributed by atoms with Gasteiger partial charge in [0, 0.05) is 0 Å². The molecule has 8 nitrogen and oxygen atoms in total. The number of carboxylic acid groups (broad SMARTS) is 2. The van der Waals surface area contributed by atoms with Gasteiger partial charge in [-0.1, -0.05) is 0 Å². The third-order valence-corrected chi connectivity index (χ3v) is 2.65. The van der Waals surface area contributed by atoms with Crippen LogP contribution in [0.1, 0.15) is 51.4 Å². The Morgan fingerprint density at radius 3 is 1.27 bits per heavy atom. The van der Waals surface area contributed by atoms with Crippen LogP contribution < -0.4 is 0 Å². The monoisotopic (exact) mass is 318 g/mol. The first kappa shape index (κ1) is 19.9. The van der Waals surface area contributed by atoms with E-state index in [0.717, 1.165) is 12.8 Å². The Hall–Kier alpha value is -2.12. The first-order valence-electron chi connectivity index (χ1n) is 7.16. The molecule has 0 aromatic carbocycles. The molecule has 0 atom stereocenters. The van der Waals surface area contributed by atoms with Gasteiger partial charge < -0.3 is 19.7 Å². The molecule has 0 spiro atoms. The largest absolute Gasteiger partial charge is 0.481 e. The standard InChI is InChI=1S/C14H22O8/c15-11(16)5-7-13(19)21-9-3-1-2-4-10-22-14(20)8-6-12(17)18/h1-10H2,(H,15,16)(H,17,18). The molecule has 0 aromatic rings. The number of hydrogen-bond acceptors (Lipinski definition) is 6. The molecule has 0 aromatic heterocycles. The van der Waals surface area contributed by atoms with Gasteiger partial charge in [-0.2, -0.15) is 0 Å². The van der Waals surface area contributed by atoms with Crippen molar-refractivity contribution in [1.29, 1.82) is 0 Å². The normalized spacial score (nSPS) is 10.0. The van der Waals surface area contributed by atoms with Gasteiger partial charge in [0.15, 0.2) is 0 Å². The van der Waals surface area contributed by atoms with Gasteiger partial charge in [-0.05, 0) is 25.7 Å². The van der Waals surface area contributed by atoms with E-state index in [9.17, 15) is 19.2 Å². The molecule has 0 heterocycles. The smallest absolute Gasteiger partial charge is 0.306 e. The van der Waals surface area contributed by atoms with Gasteiger partial charge in [0.05, 0.1) is 38.9 Å². The Kier molecular flexibility index (Phi) is 11.4. The van der Waals surface area contributed by atoms with Gasteiger partial charge in [-0.3, -0.25) is 19.2 Å². The van der Waals surface area contributed by atoms with E-state index in [1.54, 1.807) is 0 Å². The summed E-state index contributed by atoms with van der Waals surface area (Å²) in [5.74, 6) is -3.10. The number of hydrogen-bond donors (Lipinski definition) is 2. The molecule has 0 unspecified atom stereocenters. The second-order valence-electron chi connectivity index (χ2n) is 4.64. The number of rotatable bonds is 13. The maximum atomic E-state index is 11.1. The van der Waals surface area contributed by atoms with E-state index in [1.165, 1.54) is 0 Å². The van der Waals surface area contributed by atoms with Crippen LogP contribution in [0.4, 0.5) is 0 Å². The minimum Gasteiger partial charge on any atom is -0.481 e. The minimum atomic E-state index is -1.03. The number of esters is 2. The van der Waals surface area contributed by atoms with Crippen LogP contribution in [-0.2, 0) is 28.7 Å². The lowest BCUT2D eigenvalue weighted by molar-refractivity contribution is -0.148. The summed E-state index contributed by atoms with van der Waals surface area (Å²) in [5, 5.41) is 16.8. The van der Waals surface area contributed by atoms with Crippen molar-refractivity contribution < 1.29 is 38.9 Å². The number of carbonyl (C=O) groups excluding carboxylic acids is 2. The van der Waals surface area contributed by atoms with Gasteiger partial charge in [-0.25, -0.2) is 0 Å². The molecular weight excluding hydrogens is 296 g/mol. The van der Waals surface area contributed by atoms with Crippen molar-refractivity contribution in [3.63, 3.8) is 0 Å². The lowest BCUT2D eigenvalue weighted by Gasteiger charge is -2.05. The van der Waals surface area contributed by atoms with Gasteiger partial charge in [0.2, 0.25) is 0 Å². The molecule has 2 N–H and O–H groups in total. The van der Waals surface area contributed by atoms with Crippen LogP contribution in [0.15, 0.2) is 0 Å². The first-order valence-corrected chi connectivity index (χ1v) is 7.16. The number of carbonyl (C=O) groups is 4. The molecule has 0 aliphatic carbocycles. The van der Waals surface area contributed by atoms with Gasteiger partial charge >= 0.3 is 23.9 Å². The molecule has 0 saturated carbocycles. The van der Waals surface area contributed by atoms with E-state index < -0.39 is 23.9 Å². The quantitative estimate of drug-likeness (QED) is 0.385. The number of unbranched alkanes of at least 4 members (excludes halogenated alkanes) is 3. The zero-order valence-electron chi connectivity index (χ0n) is 12.4. The molecule has 8 heteroatoms. The molecule has 0 radical (unpaired) electrons. The average molecular weight is 318 g/mol. The Morgan fingerprint density at radius 1 is 0.591 bits per heavy atom. The predicted molar refractivity (Wildman–Crippen MR) is 74.1 cm³/mol. The highest BCUT2D eigenvalue weighted by atomic mass is 16.5. The van der Waals surface area contributed by atoms with Crippen molar-refractivity contribution in [2.45, 2.75) is 51.4 Å². The summed E-state index contributed by atoms with van der Waals surface area (Å²) in [6.07, 6.45) is 2.19. The molecule has 0 fully saturated rings. The Bertz CT molecular complexity index is 341. The van der Waals surface area contributed by atoms with Crippen molar-refractivity contribution >= 4 is 23.9 Å². The first-order chi connectivity index (χ1) is 10.4. The van der Waals surface area contributed by atoms with E-state index in [2.05, 4.69) is 0 Å². The van der Waals surface area contributed by atoms with Crippen LogP contribution in [0, 0.1) is 0 Å². The van der Waals surface area contributed by atoms with E-state index in [0.29, 0.717) is 12.8 Å². The molecule has 0 bridgehead atoms. The summed E-state index contributed by atoms with van der Waals surface area (Å²) in [7, 11) is 0. The van der Waals surface area contributed by atoms with Crippen LogP contribution in [0.2, 0.25) is 0 Å². The summed E-state index contributed by atoms with van der Waals surface area (Å²) in [5.41, 5.74) is 0. The highest BCUT2D eigenvalue weighted by Gasteiger charge is 2.07. The van der Waals surface area contributed by atoms with E-state index in [-0.39, 0.29) is 38.9 Å². The Labute approximate surface area is 128 Å². The van der Waals surface area contributed by atoms with Crippen LogP contribution in [0.3, 0.4) is 0 Å². The molecule has 126 valence electrons. The van der Waals surface area contributed by atoms with Gasteiger partial charge in [-0.15, -0.1) is 0 Å². The van der Waals surface area contributed by atoms with E-state index in [1.807, 2.05) is 0 Å². The third kappa shape index (κ3) is 14.3. The van der Waals surface area contributed by atoms with Crippen LogP contribution in [-0.4, -0.2) is 47.3 Å². The SMILES string of the molecule is O=C(O)CCC(=O)OCCCCCCOC(=O)CCC(=O)O. The van der Waals surface area contributed by atoms with Crippen molar-refractivity contribution in [1.82, 2.24) is 0 Å². The fraction of sp³-hybridized carbons (Fsp3) is 0.714. The molecular formula is C14H22O8. The second-order valence-corrected chi connectivity index (χ2v) is 4.64. The summed E-state index contributed by atoms with van der Waals surface area (Å²) in [6, 6.07) is 0. The van der Waals surface area contributed by atoms with Crippen molar-refractivity contribution in [2.24, 2.45) is 0 Å². The summed E-state index contributed by atoms with van der Waals surface area (Å²) >= 11 is 0. The van der Waals surface area contributed by atoms with Crippen LogP contribution in [0.25, 0.3) is 0 Å². The molecule has 0 saturated heterocycles. The Balaban J connectivity index is 3.33. The topological polar surface area (TPSA) is 127 Å². The maximum Gasteiger partial charge on any atom is 0.306 e. The van der Waals surface area contributed by atoms with Crippen LogP contribution in [0.5, 0.6) is 0 Å². The fourth-order valence-corrected chi connectivity index (χ4v) is 1.49. The zero-order valence-corrected chi connectivity index (χ0v) is 12.4. The summed E-state index contributed by atoms with van der Waals surface area (Å²) < 4.78 is 9.70. The minimum absolute atomic E-state index is 0.123. The second kappa shape index (κ2) is 12.6. The average Bonchev–Trinajstić information content (AvgIpc) is 2.45. The third-order valence-electron chi connectivity index (χ3n) is 2.65. The van der Waals surface area contributed by atoms with Crippen molar-refractivity contribution in [2.75, 3.05) is 13.2 Å². The predicted octanol–water partition coefficient (Wildman–Crippen LogP) is 1.36. The molecule has 22 heavy (non-hydrogen) atoms. The maximum absolute atomic E-state index is 11.1. The van der Waals surface area contributed by atoms with Crippen molar-refractivity contribution in [3.05, 3.63) is 0 Å². The highest BCUT2D eigenvalue weighted by molar-refractivity contribution is 5.76. The van der Waals surface area contributed by atoms with E-state index in [4.69, 9.17) is 19.7 Å². The highest BCUT2D eigenvalue weighted by Crippen LogP contribution is 2.03. The van der Waals surface area contributed by atoms with Gasteiger partial charge in [0.1, 0.15) is 0 Å². The zero-order chi connectivity index (χ0) is 16.8. The number of carboxylic acids is 2. The molecule has 0 amide bonds. The van der Waals surface area contributed by atoms with Crippen LogP contribution >= 0.6 is 0 Å². The summed E-state index contributed by atoms with van der Waals surface area (Å²) in [4.78, 5) is 42.6. The molecule has 0 rings (SSSR count). The number of aliphatic carboxylic acids is 2. The molecule has 0 aliphatic rings. The molecule has 0 aliphatic heterocycles. The summed E-state index contributed by atoms with van der Waals surface area (Å²) in [6.45, 7) is 0.494. The van der Waals surface area contributed by atoms with Gasteiger partial charge in [0.25, 0.3) is 0 Å². The fourth-order valence-electron chi connectivity index (χ4n) is 1.49.